The molecule has 2 aliphatic heterocycles. The SMILES string of the molecule is CC.CN1CC2c3ccccc3CC=CN2C1. The standard InChI is InChI=1S/C13H16N2.C2H6/c1-14-9-13-12-7-3-2-5-11(12)6-4-8-15(13)10-14;1-2/h2-5,7-8,13H,6,9-10H2,1H3;1-2H3. The molecule has 0 aliphatic carbocycles. The van der Waals surface area contributed by atoms with Gasteiger partial charge in [-0.05, 0) is 30.8 Å². The molecule has 1 unspecified atom stereocenters. The Hall–Kier alpha value is -1.28. The average molecular weight is 230 g/mol. The zero-order chi connectivity index (χ0) is 12.3. The summed E-state index contributed by atoms with van der Waals surface area (Å²) in [5.41, 5.74) is 2.99. The van der Waals surface area contributed by atoms with Gasteiger partial charge in [0.25, 0.3) is 0 Å². The van der Waals surface area contributed by atoms with Crippen LogP contribution in [0.1, 0.15) is 31.0 Å². The highest BCUT2D eigenvalue weighted by atomic mass is 15.4. The lowest BCUT2D eigenvalue weighted by atomic mass is 9.99. The fourth-order valence-corrected chi connectivity index (χ4v) is 2.62. The summed E-state index contributed by atoms with van der Waals surface area (Å²) in [7, 11) is 2.19. The predicted octanol–water partition coefficient (Wildman–Crippen LogP) is 3.03. The van der Waals surface area contributed by atoms with Gasteiger partial charge < -0.3 is 4.90 Å². The van der Waals surface area contributed by atoms with Crippen LogP contribution in [-0.2, 0) is 6.42 Å². The minimum Gasteiger partial charge on any atom is -0.357 e. The van der Waals surface area contributed by atoms with Gasteiger partial charge in [-0.25, -0.2) is 0 Å². The second-order valence-electron chi connectivity index (χ2n) is 4.50. The minimum atomic E-state index is 0.560. The van der Waals surface area contributed by atoms with Crippen LogP contribution in [0.2, 0.25) is 0 Å². The molecule has 0 N–H and O–H groups in total. The first-order valence-corrected chi connectivity index (χ1v) is 6.53. The Kier molecular flexibility index (Phi) is 3.85. The van der Waals surface area contributed by atoms with E-state index in [1.165, 1.54) is 11.1 Å². The van der Waals surface area contributed by atoms with E-state index < -0.39 is 0 Å². The minimum absolute atomic E-state index is 0.560. The Morgan fingerprint density at radius 3 is 2.76 bits per heavy atom. The molecule has 0 radical (unpaired) electrons. The van der Waals surface area contributed by atoms with Gasteiger partial charge in [0.2, 0.25) is 0 Å². The Morgan fingerprint density at radius 2 is 1.94 bits per heavy atom. The Morgan fingerprint density at radius 1 is 1.18 bits per heavy atom. The number of nitrogens with zero attached hydrogens (tertiary/aromatic N) is 2. The third-order valence-corrected chi connectivity index (χ3v) is 3.34. The van der Waals surface area contributed by atoms with E-state index in [2.05, 4.69) is 53.4 Å². The van der Waals surface area contributed by atoms with Crippen LogP contribution in [0.25, 0.3) is 0 Å². The van der Waals surface area contributed by atoms with Crippen molar-refractivity contribution in [1.82, 2.24) is 9.80 Å². The maximum atomic E-state index is 2.44. The monoisotopic (exact) mass is 230 g/mol. The molecule has 1 fully saturated rings. The molecule has 0 bridgehead atoms. The first kappa shape index (κ1) is 12.2. The van der Waals surface area contributed by atoms with Crippen LogP contribution in [0.4, 0.5) is 0 Å². The van der Waals surface area contributed by atoms with Gasteiger partial charge in [0, 0.05) is 6.54 Å². The lowest BCUT2D eigenvalue weighted by Crippen LogP contribution is -2.18. The molecule has 2 nitrogen and oxygen atoms in total. The first-order valence-electron chi connectivity index (χ1n) is 6.53. The molecule has 1 aromatic rings. The van der Waals surface area contributed by atoms with Crippen molar-refractivity contribution in [2.45, 2.75) is 26.3 Å². The number of rotatable bonds is 0. The molecule has 2 aliphatic rings. The molecule has 1 aromatic carbocycles. The van der Waals surface area contributed by atoms with E-state index in [1.54, 1.807) is 0 Å². The fourth-order valence-electron chi connectivity index (χ4n) is 2.62. The Labute approximate surface area is 105 Å². The van der Waals surface area contributed by atoms with E-state index in [0.717, 1.165) is 19.6 Å². The third-order valence-electron chi connectivity index (χ3n) is 3.34. The first-order chi connectivity index (χ1) is 8.34. The van der Waals surface area contributed by atoms with Crippen LogP contribution in [0, 0.1) is 0 Å². The van der Waals surface area contributed by atoms with Crippen molar-refractivity contribution in [2.24, 2.45) is 0 Å². The summed E-state index contributed by atoms with van der Waals surface area (Å²) in [5.74, 6) is 0. The topological polar surface area (TPSA) is 6.48 Å². The highest BCUT2D eigenvalue weighted by Gasteiger charge is 2.29. The largest absolute Gasteiger partial charge is 0.357 e. The van der Waals surface area contributed by atoms with Crippen LogP contribution in [0.3, 0.4) is 0 Å². The fraction of sp³-hybridized carbons (Fsp3) is 0.467. The molecule has 1 atom stereocenters. The molecule has 0 amide bonds. The normalized spacial score (nSPS) is 22.3. The summed E-state index contributed by atoms with van der Waals surface area (Å²) in [6, 6.07) is 9.38. The van der Waals surface area contributed by atoms with Crippen molar-refractivity contribution in [3.8, 4) is 0 Å². The van der Waals surface area contributed by atoms with Gasteiger partial charge in [-0.3, -0.25) is 4.90 Å². The van der Waals surface area contributed by atoms with E-state index in [9.17, 15) is 0 Å². The highest BCUT2D eigenvalue weighted by molar-refractivity contribution is 5.34. The Balaban J connectivity index is 0.000000514. The summed E-state index contributed by atoms with van der Waals surface area (Å²) < 4.78 is 0. The van der Waals surface area contributed by atoms with Crippen LogP contribution < -0.4 is 0 Å². The smallest absolute Gasteiger partial charge is 0.0706 e. The van der Waals surface area contributed by atoms with Gasteiger partial charge in [0.15, 0.2) is 0 Å². The van der Waals surface area contributed by atoms with Crippen LogP contribution in [-0.4, -0.2) is 30.1 Å². The molecule has 0 saturated carbocycles. The van der Waals surface area contributed by atoms with Crippen molar-refractivity contribution in [3.05, 3.63) is 47.7 Å². The number of hydrogen-bond donors (Lipinski definition) is 0. The average Bonchev–Trinajstić information content (AvgIpc) is 2.65. The summed E-state index contributed by atoms with van der Waals surface area (Å²) in [6.45, 7) is 6.19. The van der Waals surface area contributed by atoms with Gasteiger partial charge >= 0.3 is 0 Å². The number of fused-ring (bicyclic) bond motifs is 3. The zero-order valence-electron chi connectivity index (χ0n) is 11.1. The van der Waals surface area contributed by atoms with Crippen LogP contribution in [0.5, 0.6) is 0 Å². The second-order valence-corrected chi connectivity index (χ2v) is 4.50. The van der Waals surface area contributed by atoms with E-state index >= 15 is 0 Å². The third kappa shape index (κ3) is 2.37. The van der Waals surface area contributed by atoms with Gasteiger partial charge in [0.05, 0.1) is 12.7 Å². The predicted molar refractivity (Wildman–Crippen MR) is 72.7 cm³/mol. The van der Waals surface area contributed by atoms with Crippen molar-refractivity contribution >= 4 is 0 Å². The van der Waals surface area contributed by atoms with E-state index in [4.69, 9.17) is 0 Å². The Bertz CT molecular complexity index is 398. The van der Waals surface area contributed by atoms with Crippen LogP contribution >= 0.6 is 0 Å². The van der Waals surface area contributed by atoms with Gasteiger partial charge in [-0.1, -0.05) is 44.2 Å². The van der Waals surface area contributed by atoms with Gasteiger partial charge in [-0.15, -0.1) is 0 Å². The molecule has 3 rings (SSSR count). The molecule has 0 spiro atoms. The maximum absolute atomic E-state index is 2.44. The summed E-state index contributed by atoms with van der Waals surface area (Å²) in [6.07, 6.45) is 5.61. The molecule has 1 saturated heterocycles. The number of allylic oxidation sites excluding steroid dienone is 1. The van der Waals surface area contributed by atoms with E-state index in [0.29, 0.717) is 6.04 Å². The maximum Gasteiger partial charge on any atom is 0.0706 e. The summed E-state index contributed by atoms with van der Waals surface area (Å²) in [4.78, 5) is 4.81. The number of benzene rings is 1. The second kappa shape index (κ2) is 5.37. The molecule has 2 heteroatoms. The van der Waals surface area contributed by atoms with Crippen molar-refractivity contribution in [2.75, 3.05) is 20.3 Å². The number of hydrogen-bond acceptors (Lipinski definition) is 2. The molecule has 92 valence electrons. The lowest BCUT2D eigenvalue weighted by Gasteiger charge is -2.21. The molecule has 2 heterocycles. The van der Waals surface area contributed by atoms with Crippen molar-refractivity contribution in [3.63, 3.8) is 0 Å². The molecule has 17 heavy (non-hydrogen) atoms. The zero-order valence-corrected chi connectivity index (χ0v) is 11.1. The lowest BCUT2D eigenvalue weighted by molar-refractivity contribution is 0.321. The van der Waals surface area contributed by atoms with Gasteiger partial charge in [-0.2, -0.15) is 0 Å². The van der Waals surface area contributed by atoms with Gasteiger partial charge in [0.1, 0.15) is 0 Å². The molecule has 0 aromatic heterocycles. The van der Waals surface area contributed by atoms with Crippen molar-refractivity contribution < 1.29 is 0 Å². The van der Waals surface area contributed by atoms with E-state index in [1.807, 2.05) is 13.8 Å². The van der Waals surface area contributed by atoms with E-state index in [-0.39, 0.29) is 0 Å². The molecular weight excluding hydrogens is 208 g/mol. The highest BCUT2D eigenvalue weighted by Crippen LogP contribution is 2.32. The summed E-state index contributed by atoms with van der Waals surface area (Å²) >= 11 is 0. The summed E-state index contributed by atoms with van der Waals surface area (Å²) in [5, 5.41) is 0. The van der Waals surface area contributed by atoms with Crippen molar-refractivity contribution in [1.29, 1.82) is 0 Å². The quantitative estimate of drug-likeness (QED) is 0.676. The molecular formula is C15H22N2. The van der Waals surface area contributed by atoms with Crippen LogP contribution in [0.15, 0.2) is 36.5 Å². The number of likely N-dealkylation sites (N-methyl/N-ethyl adjacent to an activating group) is 1.